The van der Waals surface area contributed by atoms with Crippen molar-refractivity contribution in [3.8, 4) is 0 Å². The van der Waals surface area contributed by atoms with Gasteiger partial charge in [-0.25, -0.2) is 10.9 Å². The Bertz CT molecular complexity index is 68.6. The highest BCUT2D eigenvalue weighted by molar-refractivity contribution is 4.84. The molecule has 1 fully saturated rings. The van der Waals surface area contributed by atoms with Crippen LogP contribution in [0.15, 0.2) is 0 Å². The third-order valence-electron chi connectivity index (χ3n) is 1.15. The maximum absolute atomic E-state index is 3.02. The van der Waals surface area contributed by atoms with Crippen LogP contribution in [0.5, 0.6) is 0 Å². The fourth-order valence-electron chi connectivity index (χ4n) is 0.475. The van der Waals surface area contributed by atoms with E-state index in [0.29, 0.717) is 11.6 Å². The first-order valence-corrected chi connectivity index (χ1v) is 2.62. The van der Waals surface area contributed by atoms with E-state index < -0.39 is 0 Å². The molecule has 2 heteroatoms. The third-order valence-corrected chi connectivity index (χ3v) is 1.15. The van der Waals surface area contributed by atoms with E-state index in [9.17, 15) is 0 Å². The monoisotopic (exact) mass is 100 g/mol. The topological polar surface area (TPSA) is 43.9 Å². The molecule has 0 aromatic rings. The lowest BCUT2D eigenvalue weighted by molar-refractivity contribution is 0.394. The maximum atomic E-state index is 3.02. The first-order valence-electron chi connectivity index (χ1n) is 2.62. The summed E-state index contributed by atoms with van der Waals surface area (Å²) in [6, 6.07) is 0. The highest BCUT2D eigenvalue weighted by Crippen LogP contribution is 2.20. The molecule has 1 aliphatic rings. The Labute approximate surface area is 44.3 Å². The lowest BCUT2D eigenvalue weighted by Crippen LogP contribution is -2.17. The SMILES string of the molecule is CC(C)(C)C1NN1. The fourth-order valence-corrected chi connectivity index (χ4v) is 0.475. The molecule has 0 unspecified atom stereocenters. The molecular weight excluding hydrogens is 88.1 g/mol. The largest absolute Gasteiger partial charge is 0.238 e. The van der Waals surface area contributed by atoms with Crippen LogP contribution in [0, 0.1) is 5.41 Å². The highest BCUT2D eigenvalue weighted by Gasteiger charge is 2.32. The Hall–Kier alpha value is -0.0800. The fraction of sp³-hybridized carbons (Fsp3) is 1.00. The van der Waals surface area contributed by atoms with Crippen molar-refractivity contribution in [2.75, 3.05) is 0 Å². The van der Waals surface area contributed by atoms with Crippen molar-refractivity contribution in [2.24, 2.45) is 5.41 Å². The van der Waals surface area contributed by atoms with Gasteiger partial charge in [-0.1, -0.05) is 20.8 Å². The second-order valence-electron chi connectivity index (χ2n) is 3.09. The van der Waals surface area contributed by atoms with Gasteiger partial charge in [-0.2, -0.15) is 0 Å². The Morgan fingerprint density at radius 2 is 1.57 bits per heavy atom. The van der Waals surface area contributed by atoms with E-state index in [4.69, 9.17) is 0 Å². The summed E-state index contributed by atoms with van der Waals surface area (Å²) >= 11 is 0. The predicted octanol–water partition coefficient (Wildman–Crippen LogP) is 0.466. The van der Waals surface area contributed by atoms with Gasteiger partial charge in [-0.05, 0) is 5.41 Å². The third kappa shape index (κ3) is 1.14. The van der Waals surface area contributed by atoms with Crippen LogP contribution in [0.2, 0.25) is 0 Å². The molecule has 7 heavy (non-hydrogen) atoms. The standard InChI is InChI=1S/C5H12N2/c1-5(2,3)4-6-7-4/h4,6-7H,1-3H3. The van der Waals surface area contributed by atoms with E-state index in [0.717, 1.165) is 0 Å². The lowest BCUT2D eigenvalue weighted by Gasteiger charge is -2.12. The molecule has 2 nitrogen and oxygen atoms in total. The first-order chi connectivity index (χ1) is 3.11. The van der Waals surface area contributed by atoms with Gasteiger partial charge in [-0.15, -0.1) is 0 Å². The van der Waals surface area contributed by atoms with Gasteiger partial charge in [0.05, 0.1) is 6.17 Å². The normalized spacial score (nSPS) is 22.7. The van der Waals surface area contributed by atoms with Crippen molar-refractivity contribution in [1.29, 1.82) is 0 Å². The Morgan fingerprint density at radius 1 is 1.14 bits per heavy atom. The van der Waals surface area contributed by atoms with Crippen LogP contribution >= 0.6 is 0 Å². The molecule has 1 rings (SSSR count). The molecule has 0 amide bonds. The van der Waals surface area contributed by atoms with Crippen LogP contribution < -0.4 is 10.9 Å². The highest BCUT2D eigenvalue weighted by atomic mass is 15.6. The van der Waals surface area contributed by atoms with Crippen LogP contribution in [0.1, 0.15) is 20.8 Å². The molecule has 0 radical (unpaired) electrons. The van der Waals surface area contributed by atoms with Gasteiger partial charge in [0.1, 0.15) is 0 Å². The van der Waals surface area contributed by atoms with E-state index >= 15 is 0 Å². The van der Waals surface area contributed by atoms with Gasteiger partial charge in [0.25, 0.3) is 0 Å². The van der Waals surface area contributed by atoms with Gasteiger partial charge in [0.15, 0.2) is 0 Å². The second kappa shape index (κ2) is 1.20. The summed E-state index contributed by atoms with van der Waals surface area (Å²) in [5, 5.41) is 0. The Morgan fingerprint density at radius 3 is 1.57 bits per heavy atom. The number of hydrogen-bond acceptors (Lipinski definition) is 2. The van der Waals surface area contributed by atoms with Crippen molar-refractivity contribution in [1.82, 2.24) is 10.9 Å². The van der Waals surface area contributed by atoms with Crippen LogP contribution in [-0.4, -0.2) is 6.17 Å². The quantitative estimate of drug-likeness (QED) is 0.434. The van der Waals surface area contributed by atoms with E-state index in [1.54, 1.807) is 0 Å². The average molecular weight is 100 g/mol. The van der Waals surface area contributed by atoms with Crippen molar-refractivity contribution in [2.45, 2.75) is 26.9 Å². The molecule has 0 aliphatic carbocycles. The number of rotatable bonds is 0. The zero-order valence-corrected chi connectivity index (χ0v) is 5.08. The molecule has 0 atom stereocenters. The molecule has 0 aromatic carbocycles. The minimum atomic E-state index is 0.389. The summed E-state index contributed by atoms with van der Waals surface area (Å²) in [7, 11) is 0. The molecule has 1 aliphatic heterocycles. The van der Waals surface area contributed by atoms with Crippen LogP contribution in [-0.2, 0) is 0 Å². The summed E-state index contributed by atoms with van der Waals surface area (Å²) in [4.78, 5) is 0. The van der Waals surface area contributed by atoms with E-state index in [1.807, 2.05) is 0 Å². The van der Waals surface area contributed by atoms with Crippen LogP contribution in [0.25, 0.3) is 0 Å². The Kier molecular flexibility index (Phi) is 0.869. The van der Waals surface area contributed by atoms with Crippen molar-refractivity contribution < 1.29 is 0 Å². The van der Waals surface area contributed by atoms with Gasteiger partial charge < -0.3 is 0 Å². The molecule has 1 saturated heterocycles. The summed E-state index contributed by atoms with van der Waals surface area (Å²) in [5.74, 6) is 0. The number of hydrazine groups is 1. The lowest BCUT2D eigenvalue weighted by atomic mass is 9.95. The second-order valence-corrected chi connectivity index (χ2v) is 3.09. The van der Waals surface area contributed by atoms with Crippen LogP contribution in [0.4, 0.5) is 0 Å². The predicted molar refractivity (Wildman–Crippen MR) is 29.5 cm³/mol. The first kappa shape index (κ1) is 5.06. The van der Waals surface area contributed by atoms with Crippen LogP contribution in [0.3, 0.4) is 0 Å². The summed E-state index contributed by atoms with van der Waals surface area (Å²) in [6.45, 7) is 6.60. The number of nitrogens with one attached hydrogen (secondary N) is 2. The van der Waals surface area contributed by atoms with Gasteiger partial charge in [0.2, 0.25) is 0 Å². The van der Waals surface area contributed by atoms with Gasteiger partial charge in [-0.3, -0.25) is 0 Å². The van der Waals surface area contributed by atoms with E-state index in [-0.39, 0.29) is 0 Å². The average Bonchev–Trinajstić information content (AvgIpc) is 1.99. The summed E-state index contributed by atoms with van der Waals surface area (Å²) in [5.41, 5.74) is 6.44. The smallest absolute Gasteiger partial charge is 0.0881 e. The zero-order chi connectivity index (χ0) is 5.49. The molecule has 0 bridgehead atoms. The molecular formula is C5H12N2. The number of hydrogen-bond donors (Lipinski definition) is 2. The van der Waals surface area contributed by atoms with Crippen molar-refractivity contribution >= 4 is 0 Å². The molecule has 0 saturated carbocycles. The minimum Gasteiger partial charge on any atom is -0.238 e. The zero-order valence-electron chi connectivity index (χ0n) is 5.08. The minimum absolute atomic E-state index is 0.389. The summed E-state index contributed by atoms with van der Waals surface area (Å²) < 4.78 is 0. The van der Waals surface area contributed by atoms with E-state index in [1.165, 1.54) is 0 Å². The Balaban J connectivity index is 2.36. The van der Waals surface area contributed by atoms with Gasteiger partial charge >= 0.3 is 0 Å². The van der Waals surface area contributed by atoms with E-state index in [2.05, 4.69) is 31.6 Å². The summed E-state index contributed by atoms with van der Waals surface area (Å²) in [6.07, 6.45) is 0.549. The van der Waals surface area contributed by atoms with Crippen molar-refractivity contribution in [3.05, 3.63) is 0 Å². The molecule has 1 heterocycles. The van der Waals surface area contributed by atoms with Crippen molar-refractivity contribution in [3.63, 3.8) is 0 Å². The molecule has 2 N–H and O–H groups in total. The maximum Gasteiger partial charge on any atom is 0.0881 e. The molecule has 0 spiro atoms. The molecule has 0 aromatic heterocycles. The van der Waals surface area contributed by atoms with Gasteiger partial charge in [0, 0.05) is 0 Å². The molecule has 42 valence electrons.